The van der Waals surface area contributed by atoms with Crippen molar-refractivity contribution in [3.05, 3.63) is 28.2 Å². The van der Waals surface area contributed by atoms with Crippen LogP contribution in [0.3, 0.4) is 0 Å². The van der Waals surface area contributed by atoms with E-state index in [1.807, 2.05) is 13.8 Å². The van der Waals surface area contributed by atoms with E-state index in [4.69, 9.17) is 10.8 Å². The molecule has 0 unspecified atom stereocenters. The number of carbonyl (C=O) groups excluding carboxylic acids is 1. The summed E-state index contributed by atoms with van der Waals surface area (Å²) in [5, 5.41) is 11.8. The number of carbonyl (C=O) groups is 1. The predicted octanol–water partition coefficient (Wildman–Crippen LogP) is 2.17. The summed E-state index contributed by atoms with van der Waals surface area (Å²) in [6.07, 6.45) is 0.642. The van der Waals surface area contributed by atoms with Crippen LogP contribution in [0, 0.1) is 5.41 Å². The van der Waals surface area contributed by atoms with Gasteiger partial charge in [0.25, 0.3) is 5.91 Å². The number of amides is 1. The minimum absolute atomic E-state index is 0.114. The molecule has 0 atom stereocenters. The van der Waals surface area contributed by atoms with Gasteiger partial charge in [0.2, 0.25) is 0 Å². The lowest BCUT2D eigenvalue weighted by Crippen LogP contribution is -2.34. The van der Waals surface area contributed by atoms with E-state index in [0.29, 0.717) is 24.2 Å². The first-order valence-electron chi connectivity index (χ1n) is 5.80. The first-order valence-corrected chi connectivity index (χ1v) is 6.59. The lowest BCUT2D eigenvalue weighted by molar-refractivity contribution is 0.0929. The van der Waals surface area contributed by atoms with E-state index in [1.165, 1.54) is 0 Å². The Morgan fingerprint density at radius 2 is 2.17 bits per heavy atom. The predicted molar refractivity (Wildman–Crippen MR) is 76.4 cm³/mol. The number of nitrogens with one attached hydrogen (secondary N) is 1. The second kappa shape index (κ2) is 6.20. The first-order chi connectivity index (χ1) is 8.35. The van der Waals surface area contributed by atoms with Crippen molar-refractivity contribution >= 4 is 27.5 Å². The van der Waals surface area contributed by atoms with Crippen LogP contribution in [0.25, 0.3) is 0 Å². The van der Waals surface area contributed by atoms with Crippen LogP contribution in [0.15, 0.2) is 22.7 Å². The monoisotopic (exact) mass is 314 g/mol. The number of aliphatic hydroxyl groups excluding tert-OH is 1. The summed E-state index contributed by atoms with van der Waals surface area (Å²) in [4.78, 5) is 12.0. The Hall–Kier alpha value is -1.07. The largest absolute Gasteiger partial charge is 0.398 e. The zero-order valence-corrected chi connectivity index (χ0v) is 12.3. The SMILES string of the molecule is CC(C)(CCO)CNC(=O)c1ccc(Br)cc1N. The van der Waals surface area contributed by atoms with Crippen LogP contribution in [0.5, 0.6) is 0 Å². The Bertz CT molecular complexity index is 433. The minimum atomic E-state index is -0.189. The number of hydrogen-bond acceptors (Lipinski definition) is 3. The van der Waals surface area contributed by atoms with Gasteiger partial charge in [-0.1, -0.05) is 29.8 Å². The van der Waals surface area contributed by atoms with Crippen molar-refractivity contribution in [1.29, 1.82) is 0 Å². The van der Waals surface area contributed by atoms with Crippen molar-refractivity contribution in [1.82, 2.24) is 5.32 Å². The Labute approximate surface area is 116 Å². The molecule has 1 rings (SSSR count). The molecule has 0 fully saturated rings. The molecule has 18 heavy (non-hydrogen) atoms. The van der Waals surface area contributed by atoms with Gasteiger partial charge in [-0.15, -0.1) is 0 Å². The van der Waals surface area contributed by atoms with Crippen molar-refractivity contribution in [2.45, 2.75) is 20.3 Å². The number of rotatable bonds is 5. The smallest absolute Gasteiger partial charge is 0.253 e. The molecule has 0 bridgehead atoms. The first kappa shape index (κ1) is 15.0. The van der Waals surface area contributed by atoms with E-state index >= 15 is 0 Å². The van der Waals surface area contributed by atoms with Crippen molar-refractivity contribution in [2.75, 3.05) is 18.9 Å². The van der Waals surface area contributed by atoms with Crippen molar-refractivity contribution in [2.24, 2.45) is 5.41 Å². The molecule has 0 aromatic heterocycles. The molecule has 0 aliphatic heterocycles. The highest BCUT2D eigenvalue weighted by atomic mass is 79.9. The molecule has 4 N–H and O–H groups in total. The zero-order chi connectivity index (χ0) is 13.8. The number of nitrogens with two attached hydrogens (primary N) is 1. The summed E-state index contributed by atoms with van der Waals surface area (Å²) in [5.74, 6) is -0.189. The highest BCUT2D eigenvalue weighted by molar-refractivity contribution is 9.10. The number of anilines is 1. The standard InChI is InChI=1S/C13H19BrN2O2/c1-13(2,5-6-17)8-16-12(18)10-4-3-9(14)7-11(10)15/h3-4,7,17H,5-6,8,15H2,1-2H3,(H,16,18). The Balaban J connectivity index is 2.66. The van der Waals surface area contributed by atoms with Gasteiger partial charge in [0.1, 0.15) is 0 Å². The maximum Gasteiger partial charge on any atom is 0.253 e. The molecule has 1 amide bonds. The fourth-order valence-electron chi connectivity index (χ4n) is 1.55. The van der Waals surface area contributed by atoms with E-state index in [9.17, 15) is 4.79 Å². The van der Waals surface area contributed by atoms with E-state index in [2.05, 4.69) is 21.2 Å². The summed E-state index contributed by atoms with van der Waals surface area (Å²) in [7, 11) is 0. The van der Waals surface area contributed by atoms with Crippen molar-refractivity contribution < 1.29 is 9.90 Å². The maximum atomic E-state index is 12.0. The molecule has 0 heterocycles. The molecule has 5 heteroatoms. The third kappa shape index (κ3) is 4.31. The molecule has 0 spiro atoms. The average molecular weight is 315 g/mol. The van der Waals surface area contributed by atoms with Crippen LogP contribution in [0.4, 0.5) is 5.69 Å². The number of nitrogen functional groups attached to an aromatic ring is 1. The Morgan fingerprint density at radius 1 is 1.50 bits per heavy atom. The zero-order valence-electron chi connectivity index (χ0n) is 10.7. The summed E-state index contributed by atoms with van der Waals surface area (Å²) < 4.78 is 0.845. The molecule has 0 radical (unpaired) electrons. The normalized spacial score (nSPS) is 11.3. The van der Waals surface area contributed by atoms with Gasteiger partial charge in [-0.2, -0.15) is 0 Å². The topological polar surface area (TPSA) is 75.3 Å². The molecular formula is C13H19BrN2O2. The Kier molecular flexibility index (Phi) is 5.16. The van der Waals surface area contributed by atoms with Crippen LogP contribution < -0.4 is 11.1 Å². The number of hydrogen-bond donors (Lipinski definition) is 3. The molecule has 0 aliphatic rings. The number of halogens is 1. The van der Waals surface area contributed by atoms with Gasteiger partial charge < -0.3 is 16.2 Å². The Morgan fingerprint density at radius 3 is 2.72 bits per heavy atom. The summed E-state index contributed by atoms with van der Waals surface area (Å²) in [6.45, 7) is 4.61. The van der Waals surface area contributed by atoms with Crippen LogP contribution in [-0.4, -0.2) is 24.2 Å². The molecule has 100 valence electrons. The molecule has 0 saturated heterocycles. The van der Waals surface area contributed by atoms with Gasteiger partial charge in [0.15, 0.2) is 0 Å². The lowest BCUT2D eigenvalue weighted by atomic mass is 9.89. The highest BCUT2D eigenvalue weighted by Gasteiger charge is 2.19. The van der Waals surface area contributed by atoms with E-state index in [0.717, 1.165) is 4.47 Å². The highest BCUT2D eigenvalue weighted by Crippen LogP contribution is 2.20. The van der Waals surface area contributed by atoms with E-state index in [1.54, 1.807) is 18.2 Å². The van der Waals surface area contributed by atoms with Gasteiger partial charge in [0, 0.05) is 23.3 Å². The lowest BCUT2D eigenvalue weighted by Gasteiger charge is -2.24. The molecule has 4 nitrogen and oxygen atoms in total. The number of aliphatic hydroxyl groups is 1. The number of benzene rings is 1. The van der Waals surface area contributed by atoms with Crippen LogP contribution in [-0.2, 0) is 0 Å². The van der Waals surface area contributed by atoms with Crippen LogP contribution in [0.2, 0.25) is 0 Å². The van der Waals surface area contributed by atoms with Crippen molar-refractivity contribution in [3.8, 4) is 0 Å². The van der Waals surface area contributed by atoms with Crippen molar-refractivity contribution in [3.63, 3.8) is 0 Å². The molecule has 1 aromatic rings. The van der Waals surface area contributed by atoms with E-state index < -0.39 is 0 Å². The fraction of sp³-hybridized carbons (Fsp3) is 0.462. The van der Waals surface area contributed by atoms with Crippen LogP contribution >= 0.6 is 15.9 Å². The van der Waals surface area contributed by atoms with Gasteiger partial charge in [-0.05, 0) is 30.0 Å². The van der Waals surface area contributed by atoms with Crippen LogP contribution in [0.1, 0.15) is 30.6 Å². The molecule has 0 aliphatic carbocycles. The second-order valence-corrected chi connectivity index (χ2v) is 5.97. The van der Waals surface area contributed by atoms with Gasteiger partial charge >= 0.3 is 0 Å². The van der Waals surface area contributed by atoms with Gasteiger partial charge in [0.05, 0.1) is 5.56 Å². The third-order valence-corrected chi connectivity index (χ3v) is 3.27. The van der Waals surface area contributed by atoms with Gasteiger partial charge in [-0.3, -0.25) is 4.79 Å². The maximum absolute atomic E-state index is 12.0. The average Bonchev–Trinajstić information content (AvgIpc) is 2.26. The third-order valence-electron chi connectivity index (χ3n) is 2.77. The second-order valence-electron chi connectivity index (χ2n) is 5.05. The minimum Gasteiger partial charge on any atom is -0.398 e. The summed E-state index contributed by atoms with van der Waals surface area (Å²) in [6, 6.07) is 5.17. The van der Waals surface area contributed by atoms with E-state index in [-0.39, 0.29) is 17.9 Å². The molecule has 1 aromatic carbocycles. The quantitative estimate of drug-likeness (QED) is 0.729. The summed E-state index contributed by atoms with van der Waals surface area (Å²) in [5.41, 5.74) is 6.58. The fourth-order valence-corrected chi connectivity index (χ4v) is 1.92. The van der Waals surface area contributed by atoms with Gasteiger partial charge in [-0.25, -0.2) is 0 Å². The molecule has 0 saturated carbocycles. The summed E-state index contributed by atoms with van der Waals surface area (Å²) >= 11 is 3.30. The molecular weight excluding hydrogens is 296 g/mol.